The molecule has 0 aliphatic rings. The maximum absolute atomic E-state index is 5.67. The van der Waals surface area contributed by atoms with Gasteiger partial charge in [-0.15, -0.1) is 5.10 Å². The molecular formula is C14H17N7. The summed E-state index contributed by atoms with van der Waals surface area (Å²) in [4.78, 5) is 0. The summed E-state index contributed by atoms with van der Waals surface area (Å²) < 4.78 is 3.51. The van der Waals surface area contributed by atoms with Crippen molar-refractivity contribution in [2.45, 2.75) is 12.5 Å². The fraction of sp³-hybridized carbons (Fsp3) is 0.214. The molecule has 3 N–H and O–H groups in total. The third-order valence-electron chi connectivity index (χ3n) is 3.29. The first-order valence-corrected chi connectivity index (χ1v) is 6.67. The molecule has 1 unspecified atom stereocenters. The molecule has 0 fully saturated rings. The van der Waals surface area contributed by atoms with Gasteiger partial charge < -0.3 is 0 Å². The molecule has 0 aliphatic carbocycles. The molecule has 3 aromatic rings. The summed E-state index contributed by atoms with van der Waals surface area (Å²) in [5.41, 5.74) is 5.71. The molecule has 1 aromatic carbocycles. The minimum absolute atomic E-state index is 0.0563. The van der Waals surface area contributed by atoms with Crippen LogP contribution in [0.3, 0.4) is 0 Å². The first kappa shape index (κ1) is 13.5. The maximum atomic E-state index is 5.67. The van der Waals surface area contributed by atoms with Gasteiger partial charge in [-0.3, -0.25) is 16.0 Å². The lowest BCUT2D eigenvalue weighted by Gasteiger charge is -2.11. The van der Waals surface area contributed by atoms with Gasteiger partial charge in [0, 0.05) is 31.4 Å². The fourth-order valence-electron chi connectivity index (χ4n) is 2.21. The van der Waals surface area contributed by atoms with E-state index in [1.807, 2.05) is 60.7 Å². The van der Waals surface area contributed by atoms with E-state index < -0.39 is 0 Å². The molecule has 2 aromatic heterocycles. The van der Waals surface area contributed by atoms with Crippen molar-refractivity contribution in [3.63, 3.8) is 0 Å². The molecule has 3 rings (SSSR count). The normalized spacial score (nSPS) is 12.5. The average Bonchev–Trinajstić information content (AvgIpc) is 3.15. The Labute approximate surface area is 122 Å². The third-order valence-corrected chi connectivity index (χ3v) is 3.29. The zero-order chi connectivity index (χ0) is 14.7. The van der Waals surface area contributed by atoms with Crippen LogP contribution in [0.1, 0.15) is 17.3 Å². The van der Waals surface area contributed by atoms with Crippen LogP contribution in [0, 0.1) is 0 Å². The number of aryl methyl sites for hydroxylation is 1. The molecule has 0 bridgehead atoms. The topological polar surface area (TPSA) is 86.6 Å². The van der Waals surface area contributed by atoms with E-state index in [9.17, 15) is 0 Å². The average molecular weight is 283 g/mol. The van der Waals surface area contributed by atoms with Crippen LogP contribution < -0.4 is 11.3 Å². The number of aromatic nitrogens is 5. The van der Waals surface area contributed by atoms with Crippen LogP contribution in [0.2, 0.25) is 0 Å². The number of para-hydroxylation sites is 1. The molecule has 2 heterocycles. The van der Waals surface area contributed by atoms with Crippen molar-refractivity contribution in [3.05, 3.63) is 60.2 Å². The standard InChI is InChI=1S/C14H17N7/c1-20-10-12(18-19-20)7-14(17-15)11-8-16-21(9-11)13-5-3-2-4-6-13/h2-6,8-10,14,17H,7,15H2,1H3. The number of nitrogens with two attached hydrogens (primary N) is 1. The van der Waals surface area contributed by atoms with Crippen LogP contribution >= 0.6 is 0 Å². The highest BCUT2D eigenvalue weighted by molar-refractivity contribution is 5.31. The van der Waals surface area contributed by atoms with Crippen LogP contribution in [0.4, 0.5) is 0 Å². The number of nitrogens with one attached hydrogen (secondary N) is 1. The molecular weight excluding hydrogens is 266 g/mol. The van der Waals surface area contributed by atoms with Crippen LogP contribution in [-0.4, -0.2) is 24.8 Å². The predicted molar refractivity (Wildman–Crippen MR) is 78.3 cm³/mol. The molecule has 0 radical (unpaired) electrons. The first-order chi connectivity index (χ1) is 10.3. The second-order valence-electron chi connectivity index (χ2n) is 4.86. The van der Waals surface area contributed by atoms with Crippen molar-refractivity contribution in [2.24, 2.45) is 12.9 Å². The van der Waals surface area contributed by atoms with Gasteiger partial charge in [0.05, 0.1) is 23.6 Å². The molecule has 0 amide bonds. The van der Waals surface area contributed by atoms with Gasteiger partial charge in [0.1, 0.15) is 0 Å². The summed E-state index contributed by atoms with van der Waals surface area (Å²) in [5.74, 6) is 5.67. The van der Waals surface area contributed by atoms with E-state index in [1.165, 1.54) is 0 Å². The van der Waals surface area contributed by atoms with E-state index in [-0.39, 0.29) is 6.04 Å². The highest BCUT2D eigenvalue weighted by atomic mass is 15.4. The van der Waals surface area contributed by atoms with Gasteiger partial charge >= 0.3 is 0 Å². The summed E-state index contributed by atoms with van der Waals surface area (Å²) in [5, 5.41) is 12.4. The van der Waals surface area contributed by atoms with Gasteiger partial charge in [-0.25, -0.2) is 4.68 Å². The SMILES string of the molecule is Cn1cc(CC(NN)c2cnn(-c3ccccc3)c2)nn1. The van der Waals surface area contributed by atoms with Crippen molar-refractivity contribution in [1.82, 2.24) is 30.2 Å². The number of hydrogen-bond acceptors (Lipinski definition) is 5. The minimum Gasteiger partial charge on any atom is -0.271 e. The molecule has 1 atom stereocenters. The van der Waals surface area contributed by atoms with Crippen LogP contribution in [0.15, 0.2) is 48.9 Å². The highest BCUT2D eigenvalue weighted by Crippen LogP contribution is 2.17. The Kier molecular flexibility index (Phi) is 3.76. The molecule has 7 nitrogen and oxygen atoms in total. The van der Waals surface area contributed by atoms with Gasteiger partial charge in [-0.2, -0.15) is 5.10 Å². The monoisotopic (exact) mass is 283 g/mol. The van der Waals surface area contributed by atoms with Crippen molar-refractivity contribution in [1.29, 1.82) is 0 Å². The van der Waals surface area contributed by atoms with E-state index in [2.05, 4.69) is 20.8 Å². The van der Waals surface area contributed by atoms with Crippen molar-refractivity contribution < 1.29 is 0 Å². The van der Waals surface area contributed by atoms with Crippen molar-refractivity contribution >= 4 is 0 Å². The maximum Gasteiger partial charge on any atom is 0.0846 e. The highest BCUT2D eigenvalue weighted by Gasteiger charge is 2.15. The van der Waals surface area contributed by atoms with Crippen molar-refractivity contribution in [3.8, 4) is 5.69 Å². The molecule has 0 saturated carbocycles. The van der Waals surface area contributed by atoms with Gasteiger partial charge in [0.15, 0.2) is 0 Å². The molecule has 7 heteroatoms. The lowest BCUT2D eigenvalue weighted by atomic mass is 10.1. The van der Waals surface area contributed by atoms with E-state index in [4.69, 9.17) is 5.84 Å². The number of hydrazine groups is 1. The predicted octanol–water partition coefficient (Wildman–Crippen LogP) is 0.748. The van der Waals surface area contributed by atoms with E-state index in [0.717, 1.165) is 16.9 Å². The van der Waals surface area contributed by atoms with E-state index in [1.54, 1.807) is 4.68 Å². The Balaban J connectivity index is 1.80. The van der Waals surface area contributed by atoms with E-state index in [0.29, 0.717) is 6.42 Å². The zero-order valence-electron chi connectivity index (χ0n) is 11.7. The molecule has 0 aliphatic heterocycles. The van der Waals surface area contributed by atoms with Crippen LogP contribution in [0.5, 0.6) is 0 Å². The molecule has 108 valence electrons. The quantitative estimate of drug-likeness (QED) is 0.533. The second-order valence-corrected chi connectivity index (χ2v) is 4.86. The van der Waals surface area contributed by atoms with E-state index >= 15 is 0 Å². The smallest absolute Gasteiger partial charge is 0.0846 e. The van der Waals surface area contributed by atoms with Gasteiger partial charge in [0.25, 0.3) is 0 Å². The summed E-state index contributed by atoms with van der Waals surface area (Å²) >= 11 is 0. The Morgan fingerprint density at radius 3 is 2.71 bits per heavy atom. The summed E-state index contributed by atoms with van der Waals surface area (Å²) in [6.45, 7) is 0. The lowest BCUT2D eigenvalue weighted by Crippen LogP contribution is -2.29. The van der Waals surface area contributed by atoms with Gasteiger partial charge in [-0.05, 0) is 12.1 Å². The van der Waals surface area contributed by atoms with Gasteiger partial charge in [0.2, 0.25) is 0 Å². The van der Waals surface area contributed by atoms with Crippen molar-refractivity contribution in [2.75, 3.05) is 0 Å². The third kappa shape index (κ3) is 2.99. The number of benzene rings is 1. The molecule has 0 spiro atoms. The Hall–Kier alpha value is -2.51. The Bertz CT molecular complexity index is 701. The fourth-order valence-corrected chi connectivity index (χ4v) is 2.21. The lowest BCUT2D eigenvalue weighted by molar-refractivity contribution is 0.545. The Morgan fingerprint density at radius 2 is 2.05 bits per heavy atom. The Morgan fingerprint density at radius 1 is 1.24 bits per heavy atom. The summed E-state index contributed by atoms with van der Waals surface area (Å²) in [6.07, 6.45) is 6.32. The summed E-state index contributed by atoms with van der Waals surface area (Å²) in [6, 6.07) is 9.89. The number of hydrogen-bond donors (Lipinski definition) is 2. The second kappa shape index (κ2) is 5.86. The largest absolute Gasteiger partial charge is 0.271 e. The zero-order valence-corrected chi connectivity index (χ0v) is 11.7. The van der Waals surface area contributed by atoms with Crippen LogP contribution in [0.25, 0.3) is 5.69 Å². The minimum atomic E-state index is -0.0563. The molecule has 21 heavy (non-hydrogen) atoms. The first-order valence-electron chi connectivity index (χ1n) is 6.67. The van der Waals surface area contributed by atoms with Crippen LogP contribution in [-0.2, 0) is 13.5 Å². The molecule has 0 saturated heterocycles. The number of nitrogens with zero attached hydrogens (tertiary/aromatic N) is 5. The van der Waals surface area contributed by atoms with Gasteiger partial charge in [-0.1, -0.05) is 23.4 Å². The number of rotatable bonds is 5. The summed E-state index contributed by atoms with van der Waals surface area (Å²) in [7, 11) is 1.84.